The fourth-order valence-electron chi connectivity index (χ4n) is 1.83. The molecule has 16 heavy (non-hydrogen) atoms. The van der Waals surface area contributed by atoms with Crippen molar-refractivity contribution in [2.75, 3.05) is 0 Å². The first-order valence-corrected chi connectivity index (χ1v) is 5.44. The molecule has 0 saturated carbocycles. The quantitative estimate of drug-likeness (QED) is 0.848. The Morgan fingerprint density at radius 1 is 1.25 bits per heavy atom. The largest absolute Gasteiger partial charge is 0.318 e. The van der Waals surface area contributed by atoms with Gasteiger partial charge in [0.15, 0.2) is 5.82 Å². The van der Waals surface area contributed by atoms with Gasteiger partial charge in [-0.25, -0.2) is 0 Å². The predicted octanol–water partition coefficient (Wildman–Crippen LogP) is 1.65. The molecule has 2 aromatic rings. The standard InChI is InChI=1S/C12H16N4/c1-3-16-9(2)14-15-12(16)11(13)10-7-5-4-6-8-10/h4-8,11H,3,13H2,1-2H3/t11-/m0/s1. The van der Waals surface area contributed by atoms with Crippen molar-refractivity contribution in [3.8, 4) is 0 Å². The molecule has 0 bridgehead atoms. The Morgan fingerprint density at radius 2 is 1.94 bits per heavy atom. The zero-order valence-electron chi connectivity index (χ0n) is 9.59. The molecule has 1 atom stereocenters. The Balaban J connectivity index is 2.38. The molecular formula is C12H16N4. The summed E-state index contributed by atoms with van der Waals surface area (Å²) in [5.74, 6) is 1.73. The van der Waals surface area contributed by atoms with E-state index in [0.717, 1.165) is 23.8 Å². The van der Waals surface area contributed by atoms with Crippen LogP contribution in [0.4, 0.5) is 0 Å². The van der Waals surface area contributed by atoms with E-state index in [9.17, 15) is 0 Å². The van der Waals surface area contributed by atoms with Crippen molar-refractivity contribution in [2.45, 2.75) is 26.4 Å². The highest BCUT2D eigenvalue weighted by atomic mass is 15.3. The van der Waals surface area contributed by atoms with E-state index >= 15 is 0 Å². The van der Waals surface area contributed by atoms with Gasteiger partial charge in [-0.2, -0.15) is 0 Å². The fourth-order valence-corrected chi connectivity index (χ4v) is 1.83. The summed E-state index contributed by atoms with van der Waals surface area (Å²) >= 11 is 0. The molecule has 0 saturated heterocycles. The van der Waals surface area contributed by atoms with E-state index in [1.807, 2.05) is 41.8 Å². The minimum Gasteiger partial charge on any atom is -0.318 e. The lowest BCUT2D eigenvalue weighted by Crippen LogP contribution is -2.18. The van der Waals surface area contributed by atoms with Gasteiger partial charge >= 0.3 is 0 Å². The molecule has 0 unspecified atom stereocenters. The van der Waals surface area contributed by atoms with Gasteiger partial charge in [0.2, 0.25) is 0 Å². The van der Waals surface area contributed by atoms with Crippen molar-refractivity contribution in [3.63, 3.8) is 0 Å². The highest BCUT2D eigenvalue weighted by Crippen LogP contribution is 2.18. The van der Waals surface area contributed by atoms with Gasteiger partial charge in [0.25, 0.3) is 0 Å². The summed E-state index contributed by atoms with van der Waals surface area (Å²) in [4.78, 5) is 0. The Bertz CT molecular complexity index is 461. The minimum absolute atomic E-state index is 0.206. The molecule has 2 rings (SSSR count). The van der Waals surface area contributed by atoms with Gasteiger partial charge in [0, 0.05) is 6.54 Å². The Hall–Kier alpha value is -1.68. The molecule has 4 nitrogen and oxygen atoms in total. The molecule has 1 aromatic heterocycles. The van der Waals surface area contributed by atoms with Gasteiger partial charge in [0.05, 0.1) is 6.04 Å². The SMILES string of the molecule is CCn1c(C)nnc1[C@@H](N)c1ccccc1. The summed E-state index contributed by atoms with van der Waals surface area (Å²) in [5.41, 5.74) is 7.24. The fraction of sp³-hybridized carbons (Fsp3) is 0.333. The highest BCUT2D eigenvalue weighted by molar-refractivity contribution is 5.24. The van der Waals surface area contributed by atoms with Crippen molar-refractivity contribution >= 4 is 0 Å². The van der Waals surface area contributed by atoms with Gasteiger partial charge < -0.3 is 10.3 Å². The van der Waals surface area contributed by atoms with Crippen LogP contribution in [-0.4, -0.2) is 14.8 Å². The van der Waals surface area contributed by atoms with Crippen molar-refractivity contribution < 1.29 is 0 Å². The summed E-state index contributed by atoms with van der Waals surface area (Å²) in [6.45, 7) is 4.85. The number of hydrogen-bond acceptors (Lipinski definition) is 3. The van der Waals surface area contributed by atoms with E-state index in [-0.39, 0.29) is 6.04 Å². The second kappa shape index (κ2) is 4.45. The maximum Gasteiger partial charge on any atom is 0.154 e. The van der Waals surface area contributed by atoms with E-state index < -0.39 is 0 Å². The molecule has 0 spiro atoms. The zero-order valence-corrected chi connectivity index (χ0v) is 9.59. The molecule has 1 aromatic carbocycles. The Kier molecular flexibility index (Phi) is 3.01. The Labute approximate surface area is 95.1 Å². The molecule has 0 radical (unpaired) electrons. The molecule has 0 fully saturated rings. The Morgan fingerprint density at radius 3 is 2.56 bits per heavy atom. The lowest BCUT2D eigenvalue weighted by Gasteiger charge is -2.12. The maximum absolute atomic E-state index is 6.18. The minimum atomic E-state index is -0.206. The molecule has 0 aliphatic heterocycles. The number of aryl methyl sites for hydroxylation is 1. The van der Waals surface area contributed by atoms with Crippen LogP contribution >= 0.6 is 0 Å². The number of benzene rings is 1. The maximum atomic E-state index is 6.18. The second-order valence-corrected chi connectivity index (χ2v) is 3.74. The van der Waals surface area contributed by atoms with Crippen LogP contribution in [0.5, 0.6) is 0 Å². The number of nitrogens with zero attached hydrogens (tertiary/aromatic N) is 3. The average molecular weight is 216 g/mol. The van der Waals surface area contributed by atoms with Crippen LogP contribution in [0.3, 0.4) is 0 Å². The van der Waals surface area contributed by atoms with Crippen LogP contribution in [-0.2, 0) is 6.54 Å². The van der Waals surface area contributed by atoms with Crippen LogP contribution in [0.15, 0.2) is 30.3 Å². The molecule has 0 aliphatic carbocycles. The van der Waals surface area contributed by atoms with Crippen LogP contribution in [0.2, 0.25) is 0 Å². The third-order valence-electron chi connectivity index (χ3n) is 2.72. The third kappa shape index (κ3) is 1.84. The second-order valence-electron chi connectivity index (χ2n) is 3.74. The van der Waals surface area contributed by atoms with Crippen molar-refractivity contribution in [1.29, 1.82) is 0 Å². The van der Waals surface area contributed by atoms with Crippen LogP contribution < -0.4 is 5.73 Å². The molecule has 4 heteroatoms. The first kappa shape index (κ1) is 10.8. The van der Waals surface area contributed by atoms with E-state index in [2.05, 4.69) is 17.1 Å². The summed E-state index contributed by atoms with van der Waals surface area (Å²) in [6, 6.07) is 9.75. The summed E-state index contributed by atoms with van der Waals surface area (Å²) in [6.07, 6.45) is 0. The molecule has 0 aliphatic rings. The number of aromatic nitrogens is 3. The monoisotopic (exact) mass is 216 g/mol. The number of hydrogen-bond donors (Lipinski definition) is 1. The molecule has 84 valence electrons. The van der Waals surface area contributed by atoms with Crippen molar-refractivity contribution in [3.05, 3.63) is 47.5 Å². The van der Waals surface area contributed by atoms with E-state index in [1.165, 1.54) is 0 Å². The molecule has 1 heterocycles. The van der Waals surface area contributed by atoms with Gasteiger partial charge in [-0.05, 0) is 19.4 Å². The van der Waals surface area contributed by atoms with Crippen LogP contribution in [0.25, 0.3) is 0 Å². The molecule has 0 amide bonds. The smallest absolute Gasteiger partial charge is 0.154 e. The van der Waals surface area contributed by atoms with Gasteiger partial charge in [-0.3, -0.25) is 0 Å². The zero-order chi connectivity index (χ0) is 11.5. The van der Waals surface area contributed by atoms with Crippen LogP contribution in [0, 0.1) is 6.92 Å². The summed E-state index contributed by atoms with van der Waals surface area (Å²) < 4.78 is 2.04. The first-order chi connectivity index (χ1) is 7.74. The first-order valence-electron chi connectivity index (χ1n) is 5.44. The molecule has 2 N–H and O–H groups in total. The number of rotatable bonds is 3. The van der Waals surface area contributed by atoms with Crippen LogP contribution in [0.1, 0.15) is 30.2 Å². The van der Waals surface area contributed by atoms with Gasteiger partial charge in [0.1, 0.15) is 5.82 Å². The average Bonchev–Trinajstić information content (AvgIpc) is 2.70. The number of nitrogens with two attached hydrogens (primary N) is 1. The normalized spacial score (nSPS) is 12.7. The summed E-state index contributed by atoms with van der Waals surface area (Å²) in [5, 5.41) is 8.22. The lowest BCUT2D eigenvalue weighted by atomic mass is 10.1. The van der Waals surface area contributed by atoms with Gasteiger partial charge in [-0.1, -0.05) is 30.3 Å². The predicted molar refractivity (Wildman–Crippen MR) is 62.9 cm³/mol. The van der Waals surface area contributed by atoms with Crippen molar-refractivity contribution in [1.82, 2.24) is 14.8 Å². The lowest BCUT2D eigenvalue weighted by molar-refractivity contribution is 0.643. The van der Waals surface area contributed by atoms with E-state index in [4.69, 9.17) is 5.73 Å². The molecular weight excluding hydrogens is 200 g/mol. The van der Waals surface area contributed by atoms with E-state index in [0.29, 0.717) is 0 Å². The third-order valence-corrected chi connectivity index (χ3v) is 2.72. The summed E-state index contributed by atoms with van der Waals surface area (Å²) in [7, 11) is 0. The van der Waals surface area contributed by atoms with Crippen molar-refractivity contribution in [2.24, 2.45) is 5.73 Å². The van der Waals surface area contributed by atoms with Gasteiger partial charge in [-0.15, -0.1) is 10.2 Å². The van der Waals surface area contributed by atoms with E-state index in [1.54, 1.807) is 0 Å². The topological polar surface area (TPSA) is 56.7 Å². The highest BCUT2D eigenvalue weighted by Gasteiger charge is 2.16.